The number of hydrogen-bond acceptors (Lipinski definition) is 6. The van der Waals surface area contributed by atoms with Crippen LogP contribution in [0.1, 0.15) is 11.1 Å². The maximum Gasteiger partial charge on any atom is 0.234 e. The molecule has 9 heteroatoms. The summed E-state index contributed by atoms with van der Waals surface area (Å²) in [6.45, 7) is 4.07. The third-order valence-electron chi connectivity index (χ3n) is 5.32. The second kappa shape index (κ2) is 8.24. The highest BCUT2D eigenvalue weighted by molar-refractivity contribution is 8.14. The Morgan fingerprint density at radius 3 is 2.73 bits per heavy atom. The number of anilines is 2. The average molecular weight is 464 g/mol. The van der Waals surface area contributed by atoms with Crippen LogP contribution in [0.2, 0.25) is 5.02 Å². The third-order valence-corrected chi connectivity index (χ3v) is 8.22. The molecule has 0 saturated carbocycles. The van der Waals surface area contributed by atoms with E-state index in [1.807, 2.05) is 36.9 Å². The van der Waals surface area contributed by atoms with Gasteiger partial charge in [-0.3, -0.25) is 9.79 Å². The molecule has 0 spiro atoms. The van der Waals surface area contributed by atoms with Crippen molar-refractivity contribution in [3.8, 4) is 0 Å². The molecule has 1 N–H and O–H groups in total. The summed E-state index contributed by atoms with van der Waals surface area (Å²) in [5, 5.41) is 4.06. The van der Waals surface area contributed by atoms with Gasteiger partial charge in [-0.25, -0.2) is 8.42 Å². The van der Waals surface area contributed by atoms with Gasteiger partial charge in [0.25, 0.3) is 0 Å². The van der Waals surface area contributed by atoms with Crippen LogP contribution in [0.3, 0.4) is 0 Å². The van der Waals surface area contributed by atoms with Crippen LogP contribution >= 0.6 is 23.4 Å². The van der Waals surface area contributed by atoms with Gasteiger partial charge in [-0.05, 0) is 55.3 Å². The lowest BCUT2D eigenvalue weighted by atomic mass is 10.1. The number of carbonyl (C=O) groups is 1. The molecular weight excluding hydrogens is 442 g/mol. The Balaban J connectivity index is 1.52. The second-order valence-corrected chi connectivity index (χ2v) is 11.1. The Hall–Kier alpha value is -2.03. The zero-order valence-corrected chi connectivity index (χ0v) is 19.0. The van der Waals surface area contributed by atoms with E-state index in [-0.39, 0.29) is 35.2 Å². The molecule has 0 bridgehead atoms. The number of rotatable bonds is 4. The van der Waals surface area contributed by atoms with E-state index in [1.54, 1.807) is 24.3 Å². The Kier molecular flexibility index (Phi) is 5.83. The van der Waals surface area contributed by atoms with E-state index < -0.39 is 9.84 Å². The number of hydrogen-bond donors (Lipinski definition) is 1. The molecule has 4 rings (SSSR count). The van der Waals surface area contributed by atoms with Gasteiger partial charge in [-0.15, -0.1) is 0 Å². The molecule has 2 atom stereocenters. The smallest absolute Gasteiger partial charge is 0.234 e. The van der Waals surface area contributed by atoms with E-state index in [4.69, 9.17) is 11.6 Å². The fourth-order valence-electron chi connectivity index (χ4n) is 3.70. The molecular formula is C21H22ClN3O3S2. The number of sulfone groups is 1. The Labute approximate surface area is 185 Å². The largest absolute Gasteiger partial charge is 0.325 e. The zero-order chi connectivity index (χ0) is 21.5. The molecule has 2 heterocycles. The predicted molar refractivity (Wildman–Crippen MR) is 125 cm³/mol. The minimum Gasteiger partial charge on any atom is -0.325 e. The minimum atomic E-state index is -3.11. The van der Waals surface area contributed by atoms with Crippen LogP contribution in [-0.4, -0.2) is 48.8 Å². The summed E-state index contributed by atoms with van der Waals surface area (Å²) in [6, 6.07) is 12.5. The summed E-state index contributed by atoms with van der Waals surface area (Å²) < 4.78 is 24.3. The van der Waals surface area contributed by atoms with Crippen molar-refractivity contribution in [3.05, 3.63) is 58.6 Å². The van der Waals surface area contributed by atoms with E-state index in [1.165, 1.54) is 17.3 Å². The van der Waals surface area contributed by atoms with Crippen LogP contribution in [0, 0.1) is 13.8 Å². The highest BCUT2D eigenvalue weighted by atomic mass is 35.5. The lowest BCUT2D eigenvalue weighted by Crippen LogP contribution is -2.39. The Morgan fingerprint density at radius 1 is 1.20 bits per heavy atom. The summed E-state index contributed by atoms with van der Waals surface area (Å²) in [6.07, 6.45) is 0. The van der Waals surface area contributed by atoms with Crippen LogP contribution < -0.4 is 10.2 Å². The number of carbonyl (C=O) groups excluding carboxylic acids is 1. The van der Waals surface area contributed by atoms with Gasteiger partial charge < -0.3 is 10.2 Å². The quantitative estimate of drug-likeness (QED) is 0.748. The number of aliphatic imine (C=N–C) groups is 1. The van der Waals surface area contributed by atoms with Crippen molar-refractivity contribution in [1.29, 1.82) is 0 Å². The summed E-state index contributed by atoms with van der Waals surface area (Å²) >= 11 is 7.29. The SMILES string of the molecule is Cc1ccc(N2C(SCC(=O)Nc3cccc(Cl)c3)=N[C@@H]3CS(=O)(=O)C[C@@H]32)cc1C. The van der Waals surface area contributed by atoms with Crippen molar-refractivity contribution in [3.63, 3.8) is 0 Å². The third kappa shape index (κ3) is 4.50. The lowest BCUT2D eigenvalue weighted by molar-refractivity contribution is -0.113. The molecule has 1 fully saturated rings. The molecule has 158 valence electrons. The average Bonchev–Trinajstić information content (AvgIpc) is 3.13. The molecule has 1 amide bonds. The number of nitrogens with one attached hydrogen (secondary N) is 1. The molecule has 2 aromatic rings. The number of fused-ring (bicyclic) bond motifs is 1. The van der Waals surface area contributed by atoms with Crippen molar-refractivity contribution in [2.24, 2.45) is 4.99 Å². The lowest BCUT2D eigenvalue weighted by Gasteiger charge is -2.27. The summed E-state index contributed by atoms with van der Waals surface area (Å²) in [7, 11) is -3.11. The predicted octanol–water partition coefficient (Wildman–Crippen LogP) is 3.67. The van der Waals surface area contributed by atoms with Gasteiger partial charge in [0.15, 0.2) is 15.0 Å². The number of nitrogens with zero attached hydrogens (tertiary/aromatic N) is 2. The topological polar surface area (TPSA) is 78.8 Å². The molecule has 30 heavy (non-hydrogen) atoms. The number of thioether (sulfide) groups is 1. The summed E-state index contributed by atoms with van der Waals surface area (Å²) in [4.78, 5) is 19.1. The van der Waals surface area contributed by atoms with Crippen LogP contribution in [0.15, 0.2) is 47.5 Å². The van der Waals surface area contributed by atoms with Crippen molar-refractivity contribution >= 4 is 55.6 Å². The van der Waals surface area contributed by atoms with Gasteiger partial charge in [0.1, 0.15) is 0 Å². The van der Waals surface area contributed by atoms with Crippen molar-refractivity contribution in [2.45, 2.75) is 25.9 Å². The molecule has 1 saturated heterocycles. The molecule has 0 aromatic heterocycles. The van der Waals surface area contributed by atoms with Gasteiger partial charge >= 0.3 is 0 Å². The maximum absolute atomic E-state index is 12.4. The number of benzene rings is 2. The fourth-order valence-corrected chi connectivity index (χ4v) is 6.66. The van der Waals surface area contributed by atoms with Gasteiger partial charge in [0.2, 0.25) is 5.91 Å². The zero-order valence-electron chi connectivity index (χ0n) is 16.6. The van der Waals surface area contributed by atoms with E-state index >= 15 is 0 Å². The van der Waals surface area contributed by atoms with Gasteiger partial charge in [-0.2, -0.15) is 0 Å². The molecule has 0 unspecified atom stereocenters. The first-order valence-corrected chi connectivity index (χ1v) is 12.7. The molecule has 2 aromatic carbocycles. The van der Waals surface area contributed by atoms with Crippen LogP contribution in [0.5, 0.6) is 0 Å². The molecule has 0 aliphatic carbocycles. The van der Waals surface area contributed by atoms with Crippen molar-refractivity contribution < 1.29 is 13.2 Å². The maximum atomic E-state index is 12.4. The van der Waals surface area contributed by atoms with Gasteiger partial charge in [0, 0.05) is 16.4 Å². The van der Waals surface area contributed by atoms with E-state index in [0.29, 0.717) is 15.9 Å². The molecule has 2 aliphatic heterocycles. The van der Waals surface area contributed by atoms with E-state index in [2.05, 4.69) is 10.3 Å². The first kappa shape index (κ1) is 21.2. The molecule has 0 radical (unpaired) electrons. The van der Waals surface area contributed by atoms with Crippen molar-refractivity contribution in [2.75, 3.05) is 27.5 Å². The molecule has 6 nitrogen and oxygen atoms in total. The Morgan fingerprint density at radius 2 is 2.00 bits per heavy atom. The van der Waals surface area contributed by atoms with E-state index in [0.717, 1.165) is 11.3 Å². The highest BCUT2D eigenvalue weighted by Crippen LogP contribution is 2.35. The van der Waals surface area contributed by atoms with Gasteiger partial charge in [0.05, 0.1) is 29.3 Å². The summed E-state index contributed by atoms with van der Waals surface area (Å²) in [5.74, 6) is 0.124. The first-order chi connectivity index (χ1) is 14.2. The second-order valence-electron chi connectivity index (χ2n) is 7.61. The number of amidine groups is 1. The highest BCUT2D eigenvalue weighted by Gasteiger charge is 2.47. The Bertz CT molecular complexity index is 1130. The van der Waals surface area contributed by atoms with Crippen LogP contribution in [0.25, 0.3) is 0 Å². The van der Waals surface area contributed by atoms with Crippen LogP contribution in [0.4, 0.5) is 11.4 Å². The standard InChI is InChI=1S/C21H22ClN3O3S2/c1-13-6-7-17(8-14(13)2)25-19-12-30(27,28)11-18(19)24-21(25)29-10-20(26)23-16-5-3-4-15(22)9-16/h3-9,18-19H,10-12H2,1-2H3,(H,23,26)/t18-,19+/m1/s1. The number of halogens is 1. The normalized spacial score (nSPS) is 22.0. The summed E-state index contributed by atoms with van der Waals surface area (Å²) in [5.41, 5.74) is 3.83. The van der Waals surface area contributed by atoms with Crippen molar-refractivity contribution in [1.82, 2.24) is 0 Å². The van der Waals surface area contributed by atoms with E-state index in [9.17, 15) is 13.2 Å². The van der Waals surface area contributed by atoms with Gasteiger partial charge in [-0.1, -0.05) is 35.5 Å². The number of aryl methyl sites for hydroxylation is 2. The number of amides is 1. The minimum absolute atomic E-state index is 0.0534. The first-order valence-electron chi connectivity index (χ1n) is 9.55. The monoisotopic (exact) mass is 463 g/mol. The molecule has 2 aliphatic rings. The van der Waals surface area contributed by atoms with Crippen LogP contribution in [-0.2, 0) is 14.6 Å². The fraction of sp³-hybridized carbons (Fsp3) is 0.333.